The number of rotatable bonds is 6. The van der Waals surface area contributed by atoms with Crippen molar-refractivity contribution in [2.45, 2.75) is 4.90 Å². The van der Waals surface area contributed by atoms with Crippen molar-refractivity contribution in [3.8, 4) is 0 Å². The number of hydrogen-bond acceptors (Lipinski definition) is 5. The van der Waals surface area contributed by atoms with Crippen molar-refractivity contribution in [3.63, 3.8) is 0 Å². The van der Waals surface area contributed by atoms with Gasteiger partial charge in [0.05, 0.1) is 11.4 Å². The molecular weight excluding hydrogens is 360 g/mol. The Morgan fingerprint density at radius 3 is 2.08 bits per heavy atom. The van der Waals surface area contributed by atoms with Crippen LogP contribution in [0.2, 0.25) is 0 Å². The fourth-order valence-electron chi connectivity index (χ4n) is 2.13. The molecule has 0 spiro atoms. The van der Waals surface area contributed by atoms with E-state index in [0.717, 1.165) is 6.07 Å². The van der Waals surface area contributed by atoms with Gasteiger partial charge < -0.3 is 0 Å². The SMILES string of the molecule is [N-]=[N+]=N/C(C(=O)c1ccccc1)=C(/N=[N+]=[N-])c1ccccc1S(=O)(=O)O. The van der Waals surface area contributed by atoms with Crippen molar-refractivity contribution >= 4 is 21.6 Å². The summed E-state index contributed by atoms with van der Waals surface area (Å²) in [5.41, 5.74) is 16.3. The average Bonchev–Trinajstić information content (AvgIpc) is 2.64. The molecule has 0 aliphatic heterocycles. The van der Waals surface area contributed by atoms with Gasteiger partial charge in [0, 0.05) is 21.0 Å². The lowest BCUT2D eigenvalue weighted by molar-refractivity contribution is 0.103. The standard InChI is InChI=1S/C15H10N6O4S/c16-20-18-13(11-8-4-5-9-12(11)26(23,24)25)14(19-21-17)15(22)10-6-2-1-3-7-10/h1-9H,(H,23,24,25)/b14-13+. The smallest absolute Gasteiger partial charge is 0.289 e. The summed E-state index contributed by atoms with van der Waals surface area (Å²) in [5.74, 6) is -0.782. The topological polar surface area (TPSA) is 169 Å². The van der Waals surface area contributed by atoms with Crippen molar-refractivity contribution in [3.05, 3.63) is 92.3 Å². The van der Waals surface area contributed by atoms with E-state index < -0.39 is 32.2 Å². The molecule has 0 saturated heterocycles. The van der Waals surface area contributed by atoms with Crippen molar-refractivity contribution in [2.75, 3.05) is 0 Å². The summed E-state index contributed by atoms with van der Waals surface area (Å²) < 4.78 is 32.6. The first-order valence-corrected chi connectivity index (χ1v) is 8.35. The van der Waals surface area contributed by atoms with Crippen LogP contribution in [0.1, 0.15) is 15.9 Å². The van der Waals surface area contributed by atoms with E-state index >= 15 is 0 Å². The lowest BCUT2D eigenvalue weighted by atomic mass is 10.0. The number of Topliss-reactive ketones (excluding diaryl/α,β-unsaturated/α-hetero) is 1. The maximum Gasteiger partial charge on any atom is 0.295 e. The summed E-state index contributed by atoms with van der Waals surface area (Å²) in [6.45, 7) is 0. The first-order chi connectivity index (χ1) is 12.4. The molecule has 0 fully saturated rings. The largest absolute Gasteiger partial charge is 0.295 e. The highest BCUT2D eigenvalue weighted by Gasteiger charge is 2.22. The van der Waals surface area contributed by atoms with Crippen molar-refractivity contribution in [2.24, 2.45) is 10.2 Å². The van der Waals surface area contributed by atoms with Gasteiger partial charge in [0.15, 0.2) is 5.78 Å². The van der Waals surface area contributed by atoms with E-state index in [0.29, 0.717) is 0 Å². The summed E-state index contributed by atoms with van der Waals surface area (Å²) in [4.78, 5) is 17.2. The first kappa shape index (κ1) is 18.7. The monoisotopic (exact) mass is 370 g/mol. The molecule has 0 heterocycles. The third-order valence-corrected chi connectivity index (χ3v) is 4.10. The van der Waals surface area contributed by atoms with Crippen molar-refractivity contribution < 1.29 is 17.8 Å². The summed E-state index contributed by atoms with van der Waals surface area (Å²) in [5, 5.41) is 6.62. The second-order valence-electron chi connectivity index (χ2n) is 4.74. The minimum Gasteiger partial charge on any atom is -0.289 e. The first-order valence-electron chi connectivity index (χ1n) is 6.91. The van der Waals surface area contributed by atoms with Gasteiger partial charge in [-0.15, -0.1) is 0 Å². The van der Waals surface area contributed by atoms with Crippen molar-refractivity contribution in [1.82, 2.24) is 0 Å². The number of carbonyl (C=O) groups excluding carboxylic acids is 1. The molecule has 0 aromatic heterocycles. The van der Waals surface area contributed by atoms with Gasteiger partial charge in [0.2, 0.25) is 0 Å². The van der Waals surface area contributed by atoms with E-state index in [4.69, 9.17) is 11.1 Å². The van der Waals surface area contributed by atoms with Gasteiger partial charge in [0.25, 0.3) is 10.1 Å². The number of allylic oxidation sites excluding steroid dienone is 1. The minimum absolute atomic E-state index is 0.130. The number of azide groups is 2. The van der Waals surface area contributed by atoms with E-state index in [1.165, 1.54) is 30.3 Å². The number of nitrogens with zero attached hydrogens (tertiary/aromatic N) is 6. The van der Waals surface area contributed by atoms with Crippen LogP contribution in [0, 0.1) is 0 Å². The van der Waals surface area contributed by atoms with Gasteiger partial charge in [-0.1, -0.05) is 58.8 Å². The Morgan fingerprint density at radius 2 is 1.50 bits per heavy atom. The van der Waals surface area contributed by atoms with Gasteiger partial charge in [-0.05, 0) is 17.1 Å². The second kappa shape index (κ2) is 7.97. The Bertz CT molecular complexity index is 1080. The number of hydrogen-bond donors (Lipinski definition) is 1. The maximum absolute atomic E-state index is 12.7. The molecule has 0 aliphatic carbocycles. The molecule has 10 nitrogen and oxygen atoms in total. The van der Waals surface area contributed by atoms with Crippen LogP contribution in [0.5, 0.6) is 0 Å². The highest BCUT2D eigenvalue weighted by Crippen LogP contribution is 2.29. The van der Waals surface area contributed by atoms with Gasteiger partial charge >= 0.3 is 0 Å². The Hall–Kier alpha value is -3.62. The average molecular weight is 370 g/mol. The molecule has 130 valence electrons. The zero-order valence-corrected chi connectivity index (χ0v) is 13.8. The van der Waals surface area contributed by atoms with Crippen LogP contribution in [0.25, 0.3) is 26.6 Å². The molecule has 26 heavy (non-hydrogen) atoms. The summed E-state index contributed by atoms with van der Waals surface area (Å²) in [6.07, 6.45) is 0. The third-order valence-electron chi connectivity index (χ3n) is 3.18. The zero-order chi connectivity index (χ0) is 19.2. The van der Waals surface area contributed by atoms with Crippen LogP contribution in [0.4, 0.5) is 0 Å². The van der Waals surface area contributed by atoms with Gasteiger partial charge in [0.1, 0.15) is 4.90 Å². The molecule has 11 heteroatoms. The predicted molar refractivity (Wildman–Crippen MR) is 92.2 cm³/mol. The molecule has 0 saturated carbocycles. The minimum atomic E-state index is -4.70. The molecule has 2 aromatic carbocycles. The predicted octanol–water partition coefficient (Wildman–Crippen LogP) is 4.11. The summed E-state index contributed by atoms with van der Waals surface area (Å²) in [7, 11) is -4.70. The number of ketones is 1. The fraction of sp³-hybridized carbons (Fsp3) is 0. The fourth-order valence-corrected chi connectivity index (χ4v) is 2.83. The maximum atomic E-state index is 12.7. The molecule has 2 aromatic rings. The molecule has 0 aliphatic rings. The molecule has 0 unspecified atom stereocenters. The Morgan fingerprint density at radius 1 is 0.923 bits per heavy atom. The van der Waals surface area contributed by atoms with Gasteiger partial charge in [-0.25, -0.2) is 0 Å². The van der Waals surface area contributed by atoms with Crippen LogP contribution in [0.3, 0.4) is 0 Å². The number of benzene rings is 2. The van der Waals surface area contributed by atoms with Gasteiger partial charge in [-0.2, -0.15) is 8.42 Å². The second-order valence-corrected chi connectivity index (χ2v) is 6.13. The Labute approximate surface area is 147 Å². The van der Waals surface area contributed by atoms with E-state index in [9.17, 15) is 17.8 Å². The zero-order valence-electron chi connectivity index (χ0n) is 13.0. The van der Waals surface area contributed by atoms with E-state index in [1.54, 1.807) is 18.2 Å². The van der Waals surface area contributed by atoms with Crippen molar-refractivity contribution in [1.29, 1.82) is 0 Å². The molecule has 1 N–H and O–H groups in total. The van der Waals surface area contributed by atoms with E-state index in [2.05, 4.69) is 20.1 Å². The lowest BCUT2D eigenvalue weighted by Crippen LogP contribution is -2.07. The highest BCUT2D eigenvalue weighted by molar-refractivity contribution is 7.86. The molecular formula is C15H10N6O4S. The highest BCUT2D eigenvalue weighted by atomic mass is 32.2. The van der Waals surface area contributed by atoms with Crippen LogP contribution >= 0.6 is 0 Å². The molecule has 0 amide bonds. The van der Waals surface area contributed by atoms with Crippen LogP contribution in [-0.4, -0.2) is 18.8 Å². The molecule has 0 bridgehead atoms. The molecule has 0 radical (unpaired) electrons. The van der Waals surface area contributed by atoms with Crippen LogP contribution in [0.15, 0.2) is 75.4 Å². The third kappa shape index (κ3) is 4.07. The molecule has 2 rings (SSSR count). The van der Waals surface area contributed by atoms with E-state index in [1.807, 2.05) is 0 Å². The normalized spacial score (nSPS) is 11.6. The Kier molecular flexibility index (Phi) is 5.74. The Balaban J connectivity index is 2.87. The van der Waals surface area contributed by atoms with Crippen LogP contribution < -0.4 is 0 Å². The lowest BCUT2D eigenvalue weighted by Gasteiger charge is -2.10. The number of carbonyl (C=O) groups is 1. The summed E-state index contributed by atoms with van der Waals surface area (Å²) >= 11 is 0. The quantitative estimate of drug-likeness (QED) is 0.202. The summed E-state index contributed by atoms with van der Waals surface area (Å²) in [6, 6.07) is 12.7. The van der Waals surface area contributed by atoms with Crippen LogP contribution in [-0.2, 0) is 10.1 Å². The van der Waals surface area contributed by atoms with E-state index in [-0.39, 0.29) is 11.1 Å². The molecule has 0 atom stereocenters. The van der Waals surface area contributed by atoms with Gasteiger partial charge in [-0.3, -0.25) is 9.35 Å².